The number of aliphatic hydroxyl groups excluding tert-OH is 5. The van der Waals surface area contributed by atoms with Gasteiger partial charge in [-0.1, -0.05) is 48.9 Å². The van der Waals surface area contributed by atoms with Gasteiger partial charge in [0.05, 0.1) is 60.9 Å². The first-order valence-electron chi connectivity index (χ1n) is 31.5. The molecule has 0 spiro atoms. The van der Waals surface area contributed by atoms with Gasteiger partial charge in [-0.2, -0.15) is 0 Å². The quantitative estimate of drug-likeness (QED) is 0.0558. The molecular weight excluding hydrogens is 1170 g/mol. The molecule has 502 valence electrons. The largest absolute Gasteiger partial charge is 0.458 e. The monoisotopic (exact) mass is 1260 g/mol. The first kappa shape index (κ1) is 68.8. The van der Waals surface area contributed by atoms with Crippen LogP contribution < -0.4 is 0 Å². The summed E-state index contributed by atoms with van der Waals surface area (Å²) in [5, 5.41) is 90.7. The Balaban J connectivity index is 0.728. The summed E-state index contributed by atoms with van der Waals surface area (Å²) >= 11 is 0. The minimum Gasteiger partial charge on any atom is -0.458 e. The van der Waals surface area contributed by atoms with E-state index < -0.39 is 193 Å². The maximum atomic E-state index is 13.7. The highest BCUT2D eigenvalue weighted by Gasteiger charge is 2.81. The van der Waals surface area contributed by atoms with Crippen LogP contribution in [-0.4, -0.2) is 252 Å². The fraction of sp³-hybridized carbons (Fsp3) is 0.812. The van der Waals surface area contributed by atoms with Gasteiger partial charge in [0.2, 0.25) is 0 Å². The normalized spacial score (nSPS) is 49.3. The number of ether oxygens (including phenoxy) is 15. The van der Waals surface area contributed by atoms with Crippen molar-refractivity contribution in [3.8, 4) is 0 Å². The van der Waals surface area contributed by atoms with Gasteiger partial charge in [0.1, 0.15) is 83.9 Å². The second-order valence-corrected chi connectivity index (χ2v) is 26.6. The van der Waals surface area contributed by atoms with Crippen LogP contribution in [0.2, 0.25) is 0 Å². The Morgan fingerprint density at radius 1 is 0.618 bits per heavy atom. The molecule has 0 aromatic heterocycles. The van der Waals surface area contributed by atoms with Gasteiger partial charge in [-0.15, -0.1) is 0 Å². The number of carbonyl (C=O) groups is 2. The lowest BCUT2D eigenvalue weighted by molar-refractivity contribution is -0.374. The number of rotatable bonds is 19. The molecule has 0 radical (unpaired) electrons. The predicted octanol–water partition coefficient (Wildman–Crippen LogP) is 2.03. The molecule has 1 aromatic rings. The molecule has 8 fully saturated rings. The Hall–Kier alpha value is -3.04. The van der Waals surface area contributed by atoms with Crippen molar-refractivity contribution >= 4 is 17.8 Å². The third kappa shape index (κ3) is 12.5. The van der Waals surface area contributed by atoms with Crippen LogP contribution in [0.3, 0.4) is 0 Å². The van der Waals surface area contributed by atoms with Crippen molar-refractivity contribution in [2.75, 3.05) is 35.0 Å². The number of hydrogen-bond donors (Lipinski definition) is 8. The molecule has 3 saturated carbocycles. The number of fused-ring (bicyclic) bond motifs is 5. The highest BCUT2D eigenvalue weighted by atomic mass is 16.8. The first-order valence-corrected chi connectivity index (χ1v) is 31.5. The van der Waals surface area contributed by atoms with Crippen LogP contribution in [0, 0.1) is 16.7 Å². The van der Waals surface area contributed by atoms with Crippen molar-refractivity contribution in [3.05, 3.63) is 53.6 Å². The maximum Gasteiger partial charge on any atom is 0.331 e. The summed E-state index contributed by atoms with van der Waals surface area (Å²) in [5.74, 6) is -1.86. The minimum atomic E-state index is -2.07. The molecule has 9 aliphatic rings. The van der Waals surface area contributed by atoms with Crippen LogP contribution in [-0.2, 0) is 80.6 Å². The maximum absolute atomic E-state index is 13.7. The molecule has 4 aliphatic carbocycles. The second-order valence-electron chi connectivity index (χ2n) is 26.6. The van der Waals surface area contributed by atoms with Crippen LogP contribution in [0.25, 0.3) is 6.08 Å². The van der Waals surface area contributed by atoms with Gasteiger partial charge in [-0.25, -0.2) is 4.79 Å². The van der Waals surface area contributed by atoms with Crippen molar-refractivity contribution < 1.29 is 121 Å². The van der Waals surface area contributed by atoms with E-state index in [1.54, 1.807) is 41.1 Å². The standard InChI is InChI=1S/C64H96O25/c1-31-53(86-47-27-40(76-9)54(32(2)80-47)87-48-28-41(77-10)55(33(3)81-48)88-59-52(71)57(78-11)56(34(4)82-59)89-58-51(70)50(69)49(68)42(30-65)84-58)39(75-8)26-46(79-31)83-38-20-21-60(6)37(25-38)19-22-63(73)43(60)29-44(85-45(67)18-17-36-15-13-12-14-16-36)61(7)62(72,35(5)66)23-24-64(61,63)74/h12-19,31-34,38-44,46-59,65,68-74H,20-30H2,1-11H3/b18-17+/t31-,32-,33-,34-,38+,39+,40+,41+,42-,43-,44-,46+,47+,48+,49-,50+,51-,52-,53-,54-,55-,56-,57-,58+,59+,60+,61-,62-,63+,64-/m1/s1. The molecule has 0 bridgehead atoms. The number of esters is 1. The van der Waals surface area contributed by atoms with Gasteiger partial charge in [0.15, 0.2) is 37.2 Å². The van der Waals surface area contributed by atoms with Crippen molar-refractivity contribution in [3.63, 3.8) is 0 Å². The molecule has 0 amide bonds. The summed E-state index contributed by atoms with van der Waals surface area (Å²) in [4.78, 5) is 27.0. The molecule has 5 aliphatic heterocycles. The minimum absolute atomic E-state index is 0.0602. The molecule has 1 aromatic carbocycles. The third-order valence-corrected chi connectivity index (χ3v) is 21.8. The average Bonchev–Trinajstić information content (AvgIpc) is 1.61. The molecule has 25 nitrogen and oxygen atoms in total. The van der Waals surface area contributed by atoms with Crippen LogP contribution in [0.1, 0.15) is 118 Å². The van der Waals surface area contributed by atoms with Gasteiger partial charge in [-0.05, 0) is 104 Å². The highest BCUT2D eigenvalue weighted by molar-refractivity contribution is 5.89. The Kier molecular flexibility index (Phi) is 21.2. The zero-order valence-corrected chi connectivity index (χ0v) is 52.8. The van der Waals surface area contributed by atoms with Crippen LogP contribution in [0.15, 0.2) is 48.1 Å². The lowest BCUT2D eigenvalue weighted by atomic mass is 9.42. The second kappa shape index (κ2) is 27.4. The van der Waals surface area contributed by atoms with E-state index in [-0.39, 0.29) is 38.2 Å². The highest BCUT2D eigenvalue weighted by Crippen LogP contribution is 2.71. The molecule has 0 unspecified atom stereocenters. The lowest BCUT2D eigenvalue weighted by Crippen LogP contribution is -2.78. The molecule has 10 rings (SSSR count). The van der Waals surface area contributed by atoms with Crippen LogP contribution in [0.4, 0.5) is 0 Å². The van der Waals surface area contributed by atoms with Crippen molar-refractivity contribution in [2.45, 2.75) is 277 Å². The van der Waals surface area contributed by atoms with Crippen molar-refractivity contribution in [1.82, 2.24) is 0 Å². The van der Waals surface area contributed by atoms with Crippen LogP contribution in [0.5, 0.6) is 0 Å². The van der Waals surface area contributed by atoms with Gasteiger partial charge in [0, 0.05) is 59.7 Å². The van der Waals surface area contributed by atoms with Crippen molar-refractivity contribution in [2.24, 2.45) is 16.7 Å². The number of ketones is 1. The van der Waals surface area contributed by atoms with Gasteiger partial charge in [0.25, 0.3) is 0 Å². The topological polar surface area (TPSA) is 334 Å². The Morgan fingerprint density at radius 3 is 1.71 bits per heavy atom. The van der Waals surface area contributed by atoms with E-state index >= 15 is 0 Å². The van der Waals surface area contributed by atoms with E-state index in [4.69, 9.17) is 71.1 Å². The Labute approximate surface area is 520 Å². The predicted molar refractivity (Wildman–Crippen MR) is 310 cm³/mol. The Bertz CT molecular complexity index is 2630. The van der Waals surface area contributed by atoms with Gasteiger partial charge < -0.3 is 112 Å². The molecule has 5 saturated heterocycles. The summed E-state index contributed by atoms with van der Waals surface area (Å²) < 4.78 is 93.6. The Morgan fingerprint density at radius 2 is 1.16 bits per heavy atom. The zero-order chi connectivity index (χ0) is 64.3. The van der Waals surface area contributed by atoms with E-state index in [1.165, 1.54) is 27.2 Å². The first-order chi connectivity index (χ1) is 42.2. The molecule has 30 atom stereocenters. The number of carbonyl (C=O) groups excluding carboxylic acids is 2. The number of aliphatic hydroxyl groups is 8. The molecule has 25 heteroatoms. The number of methoxy groups -OCH3 is 4. The summed E-state index contributed by atoms with van der Waals surface area (Å²) in [6.07, 6.45) is -14.7. The molecule has 5 heterocycles. The summed E-state index contributed by atoms with van der Waals surface area (Å²) in [6.45, 7) is 11.5. The van der Waals surface area contributed by atoms with Gasteiger partial charge >= 0.3 is 5.97 Å². The fourth-order valence-corrected chi connectivity index (χ4v) is 16.5. The number of benzene rings is 1. The lowest BCUT2D eigenvalue weighted by Gasteiger charge is -2.67. The summed E-state index contributed by atoms with van der Waals surface area (Å²) in [7, 11) is 6.10. The smallest absolute Gasteiger partial charge is 0.331 e. The van der Waals surface area contributed by atoms with Gasteiger partial charge in [-0.3, -0.25) is 4.79 Å². The van der Waals surface area contributed by atoms with E-state index in [2.05, 4.69) is 6.92 Å². The van der Waals surface area contributed by atoms with E-state index in [9.17, 15) is 50.4 Å². The molecule has 8 N–H and O–H groups in total. The number of Topliss-reactive ketones (excluding diaryl/α,β-unsaturated/α-hetero) is 1. The fourth-order valence-electron chi connectivity index (χ4n) is 16.5. The van der Waals surface area contributed by atoms with E-state index in [1.807, 2.05) is 50.3 Å². The number of hydrogen-bond acceptors (Lipinski definition) is 25. The summed E-state index contributed by atoms with van der Waals surface area (Å²) in [6, 6.07) is 9.25. The van der Waals surface area contributed by atoms with E-state index in [0.717, 1.165) is 11.1 Å². The summed E-state index contributed by atoms with van der Waals surface area (Å²) in [5.41, 5.74) is -6.41. The zero-order valence-electron chi connectivity index (χ0n) is 52.8. The molecule has 89 heavy (non-hydrogen) atoms. The average molecular weight is 1270 g/mol. The molecular formula is C64H96O25. The SMILES string of the molecule is CO[C@@H]1[C@@H](O)[C@H](O[C@H]2[C@@H](OC)C[C@H](O[C@H]3[C@@H](OC)C[C@H](O[C@H]4[C@@H](OC)C[C@H](O[C@H]5CC[C@@]6(C)C(=CC[C@]7(O)[C@@H]6C[C@@H](OC(=O)/C=C/c6ccccc6)[C@@]6(C)[C@]7(O)CC[C@@]6(O)C(C)=O)C5)O[C@@H]4C)O[C@@H]3C)O[C@@H]2C)O[C@H](C)[C@H]1O[C@@H]1O[C@H](CO)[C@@H](O)[C@H](O)[C@H]1O. The third-order valence-electron chi connectivity index (χ3n) is 21.8. The van der Waals surface area contributed by atoms with Crippen LogP contribution >= 0.6 is 0 Å². The van der Waals surface area contributed by atoms with E-state index in [0.29, 0.717) is 32.1 Å². The van der Waals surface area contributed by atoms with Crippen molar-refractivity contribution in [1.29, 1.82) is 0 Å².